The van der Waals surface area contributed by atoms with Gasteiger partial charge in [-0.15, -0.1) is 0 Å². The van der Waals surface area contributed by atoms with Crippen molar-refractivity contribution in [3.8, 4) is 6.07 Å². The summed E-state index contributed by atoms with van der Waals surface area (Å²) in [6, 6.07) is 10.5. The number of rotatable bonds is 8. The van der Waals surface area contributed by atoms with Gasteiger partial charge >= 0.3 is 5.97 Å². The molecule has 1 atom stereocenters. The lowest BCUT2D eigenvalue weighted by Gasteiger charge is -2.07. The van der Waals surface area contributed by atoms with E-state index in [1.807, 2.05) is 6.07 Å². The maximum Gasteiger partial charge on any atom is 0.308 e. The van der Waals surface area contributed by atoms with Gasteiger partial charge in [-0.3, -0.25) is 14.4 Å². The van der Waals surface area contributed by atoms with Gasteiger partial charge in [0.15, 0.2) is 11.9 Å². The number of carbonyl (C=O) groups excluding carboxylic acids is 3. The van der Waals surface area contributed by atoms with E-state index in [0.717, 1.165) is 0 Å². The summed E-state index contributed by atoms with van der Waals surface area (Å²) in [5, 5.41) is 11.0. The van der Waals surface area contributed by atoms with Crippen LogP contribution in [0.3, 0.4) is 0 Å². The molecular weight excluding hydrogens is 284 g/mol. The van der Waals surface area contributed by atoms with Gasteiger partial charge in [-0.1, -0.05) is 30.3 Å². The van der Waals surface area contributed by atoms with Crippen LogP contribution < -0.4 is 5.32 Å². The number of benzene rings is 1. The summed E-state index contributed by atoms with van der Waals surface area (Å²) in [7, 11) is 0. The van der Waals surface area contributed by atoms with Crippen molar-refractivity contribution in [2.45, 2.75) is 32.3 Å². The zero-order chi connectivity index (χ0) is 16.4. The van der Waals surface area contributed by atoms with E-state index >= 15 is 0 Å². The maximum atomic E-state index is 11.8. The van der Waals surface area contributed by atoms with Gasteiger partial charge in [0.1, 0.15) is 6.07 Å². The average molecular weight is 302 g/mol. The first-order valence-electron chi connectivity index (χ1n) is 6.97. The Balaban J connectivity index is 2.20. The number of nitriles is 1. The molecular formula is C16H18N2O4. The molecule has 1 aromatic rings. The second-order valence-corrected chi connectivity index (χ2v) is 4.65. The van der Waals surface area contributed by atoms with Crippen LogP contribution in [0.1, 0.15) is 36.5 Å². The molecule has 6 nitrogen and oxygen atoms in total. The third-order valence-electron chi connectivity index (χ3n) is 2.82. The number of ketones is 1. The lowest BCUT2D eigenvalue weighted by Crippen LogP contribution is -2.27. The van der Waals surface area contributed by atoms with Crippen LogP contribution in [0.5, 0.6) is 0 Å². The van der Waals surface area contributed by atoms with Gasteiger partial charge < -0.3 is 10.1 Å². The fourth-order valence-electron chi connectivity index (χ4n) is 1.67. The molecule has 0 aliphatic carbocycles. The highest BCUT2D eigenvalue weighted by molar-refractivity contribution is 5.97. The SMILES string of the molecule is C[C@@H](C#N)OC(=O)CCNC(=O)CCC(=O)c1ccccc1. The van der Waals surface area contributed by atoms with E-state index in [9.17, 15) is 14.4 Å². The van der Waals surface area contributed by atoms with Crippen molar-refractivity contribution in [2.24, 2.45) is 0 Å². The first-order chi connectivity index (χ1) is 10.5. The first-order valence-corrected chi connectivity index (χ1v) is 6.97. The summed E-state index contributed by atoms with van der Waals surface area (Å²) < 4.78 is 4.73. The van der Waals surface area contributed by atoms with E-state index in [1.165, 1.54) is 6.92 Å². The van der Waals surface area contributed by atoms with Gasteiger partial charge in [-0.05, 0) is 6.92 Å². The average Bonchev–Trinajstić information content (AvgIpc) is 2.53. The zero-order valence-corrected chi connectivity index (χ0v) is 12.4. The lowest BCUT2D eigenvalue weighted by molar-refractivity contribution is -0.145. The summed E-state index contributed by atoms with van der Waals surface area (Å²) in [4.78, 5) is 34.6. The molecule has 0 saturated heterocycles. The fourth-order valence-corrected chi connectivity index (χ4v) is 1.67. The van der Waals surface area contributed by atoms with Crippen molar-refractivity contribution in [1.29, 1.82) is 5.26 Å². The molecule has 0 aliphatic rings. The second-order valence-electron chi connectivity index (χ2n) is 4.65. The summed E-state index contributed by atoms with van der Waals surface area (Å²) in [5.74, 6) is -0.946. The molecule has 0 fully saturated rings. The maximum absolute atomic E-state index is 11.8. The molecule has 6 heteroatoms. The third-order valence-corrected chi connectivity index (χ3v) is 2.82. The zero-order valence-electron chi connectivity index (χ0n) is 12.4. The van der Waals surface area contributed by atoms with Gasteiger partial charge in [0.05, 0.1) is 6.42 Å². The molecule has 0 radical (unpaired) electrons. The Hall–Kier alpha value is -2.68. The highest BCUT2D eigenvalue weighted by atomic mass is 16.5. The molecule has 1 amide bonds. The van der Waals surface area contributed by atoms with E-state index in [-0.39, 0.29) is 37.5 Å². The van der Waals surface area contributed by atoms with Crippen molar-refractivity contribution in [2.75, 3.05) is 6.54 Å². The first kappa shape index (κ1) is 17.4. The van der Waals surface area contributed by atoms with Crippen molar-refractivity contribution in [1.82, 2.24) is 5.32 Å². The van der Waals surface area contributed by atoms with E-state index in [0.29, 0.717) is 5.56 Å². The molecule has 0 aromatic heterocycles. The molecule has 0 heterocycles. The topological polar surface area (TPSA) is 96.3 Å². The van der Waals surface area contributed by atoms with E-state index in [1.54, 1.807) is 30.3 Å². The number of hydrogen-bond donors (Lipinski definition) is 1. The fraction of sp³-hybridized carbons (Fsp3) is 0.375. The Kier molecular flexibility index (Phi) is 7.34. The minimum atomic E-state index is -0.799. The molecule has 116 valence electrons. The number of hydrogen-bond acceptors (Lipinski definition) is 5. The minimum Gasteiger partial charge on any atom is -0.447 e. The lowest BCUT2D eigenvalue weighted by atomic mass is 10.1. The Morgan fingerprint density at radius 3 is 2.50 bits per heavy atom. The van der Waals surface area contributed by atoms with Crippen LogP contribution >= 0.6 is 0 Å². The summed E-state index contributed by atoms with van der Waals surface area (Å²) in [6.07, 6.45) is -0.625. The standard InChI is InChI=1S/C16H18N2O4/c1-12(11-17)22-16(21)9-10-18-15(20)8-7-14(19)13-5-3-2-4-6-13/h2-6,12H,7-10H2,1H3,(H,18,20)/t12-/m0/s1. The molecule has 1 rings (SSSR count). The Morgan fingerprint density at radius 2 is 1.86 bits per heavy atom. The van der Waals surface area contributed by atoms with Crippen molar-refractivity contribution >= 4 is 17.7 Å². The van der Waals surface area contributed by atoms with Gasteiger partial charge in [0.25, 0.3) is 0 Å². The second kappa shape index (κ2) is 9.29. The normalized spacial score (nSPS) is 11.1. The van der Waals surface area contributed by atoms with Crippen molar-refractivity contribution < 1.29 is 19.1 Å². The molecule has 1 N–H and O–H groups in total. The molecule has 22 heavy (non-hydrogen) atoms. The number of Topliss-reactive ketones (excluding diaryl/α,β-unsaturated/α-hetero) is 1. The summed E-state index contributed by atoms with van der Waals surface area (Å²) >= 11 is 0. The number of nitrogens with one attached hydrogen (secondary N) is 1. The van der Waals surface area contributed by atoms with Crippen molar-refractivity contribution in [3.63, 3.8) is 0 Å². The Labute approximate surface area is 129 Å². The van der Waals surface area contributed by atoms with Gasteiger partial charge in [-0.25, -0.2) is 0 Å². The van der Waals surface area contributed by atoms with Crippen LogP contribution in [-0.4, -0.2) is 30.3 Å². The number of amides is 1. The van der Waals surface area contributed by atoms with Gasteiger partial charge in [-0.2, -0.15) is 5.26 Å². The van der Waals surface area contributed by atoms with Crippen LogP contribution in [-0.2, 0) is 14.3 Å². The predicted octanol–water partition coefficient (Wildman–Crippen LogP) is 1.61. The quantitative estimate of drug-likeness (QED) is 0.581. The summed E-state index contributed by atoms with van der Waals surface area (Å²) in [5.41, 5.74) is 0.573. The molecule has 1 aromatic carbocycles. The number of ether oxygens (including phenoxy) is 1. The number of carbonyl (C=O) groups is 3. The van der Waals surface area contributed by atoms with Crippen LogP contribution in [0.4, 0.5) is 0 Å². The monoisotopic (exact) mass is 302 g/mol. The highest BCUT2D eigenvalue weighted by Crippen LogP contribution is 2.04. The molecule has 0 aliphatic heterocycles. The Morgan fingerprint density at radius 1 is 1.18 bits per heavy atom. The highest BCUT2D eigenvalue weighted by Gasteiger charge is 2.11. The number of nitrogens with zero attached hydrogens (tertiary/aromatic N) is 1. The van der Waals surface area contributed by atoms with E-state index in [4.69, 9.17) is 10.00 Å². The number of esters is 1. The van der Waals surface area contributed by atoms with Crippen LogP contribution in [0.2, 0.25) is 0 Å². The minimum absolute atomic E-state index is 0.00953. The molecule has 0 bridgehead atoms. The molecule has 0 unspecified atom stereocenters. The summed E-state index contributed by atoms with van der Waals surface area (Å²) in [6.45, 7) is 1.58. The van der Waals surface area contributed by atoms with Gasteiger partial charge in [0, 0.05) is 24.9 Å². The largest absolute Gasteiger partial charge is 0.447 e. The van der Waals surface area contributed by atoms with Crippen LogP contribution in [0.25, 0.3) is 0 Å². The molecule has 0 saturated carbocycles. The molecule has 0 spiro atoms. The van der Waals surface area contributed by atoms with Gasteiger partial charge in [0.2, 0.25) is 5.91 Å². The third kappa shape index (κ3) is 6.66. The Bertz CT molecular complexity index is 563. The van der Waals surface area contributed by atoms with Crippen LogP contribution in [0, 0.1) is 11.3 Å². The predicted molar refractivity (Wildman–Crippen MR) is 78.8 cm³/mol. The van der Waals surface area contributed by atoms with E-state index < -0.39 is 12.1 Å². The van der Waals surface area contributed by atoms with Crippen molar-refractivity contribution in [3.05, 3.63) is 35.9 Å². The smallest absolute Gasteiger partial charge is 0.308 e. The van der Waals surface area contributed by atoms with Crippen LogP contribution in [0.15, 0.2) is 30.3 Å². The van der Waals surface area contributed by atoms with E-state index in [2.05, 4.69) is 5.32 Å².